The van der Waals surface area contributed by atoms with Crippen molar-refractivity contribution in [2.75, 3.05) is 25.0 Å². The van der Waals surface area contributed by atoms with Gasteiger partial charge in [0.05, 0.1) is 15.9 Å². The Balaban J connectivity index is 1.68. The number of imidazole rings is 1. The van der Waals surface area contributed by atoms with Crippen molar-refractivity contribution in [1.82, 2.24) is 13.9 Å². The topological polar surface area (TPSA) is 117 Å². The second-order valence-corrected chi connectivity index (χ2v) is 9.28. The van der Waals surface area contributed by atoms with Crippen molar-refractivity contribution >= 4 is 32.7 Å². The van der Waals surface area contributed by atoms with E-state index in [4.69, 9.17) is 10.00 Å². The number of carbonyl (C=O) groups excluding carboxylic acids is 1. The second-order valence-electron chi connectivity index (χ2n) is 7.35. The van der Waals surface area contributed by atoms with Gasteiger partial charge in [0.15, 0.2) is 6.61 Å². The predicted molar refractivity (Wildman–Crippen MR) is 125 cm³/mol. The minimum Gasteiger partial charge on any atom is -0.479 e. The van der Waals surface area contributed by atoms with E-state index < -0.39 is 10.0 Å². The molecule has 0 saturated carbocycles. The maximum atomic E-state index is 12.8. The van der Waals surface area contributed by atoms with Gasteiger partial charge in [0.2, 0.25) is 15.9 Å². The molecule has 0 radical (unpaired) electrons. The molecular formula is C23H27N5O4S. The lowest BCUT2D eigenvalue weighted by atomic mass is 10.2. The molecular weight excluding hydrogens is 442 g/mol. The number of sulfonamides is 1. The molecule has 1 amide bonds. The average molecular weight is 470 g/mol. The van der Waals surface area contributed by atoms with Crippen molar-refractivity contribution in [2.24, 2.45) is 7.05 Å². The van der Waals surface area contributed by atoms with Crippen molar-refractivity contribution < 1.29 is 17.9 Å². The van der Waals surface area contributed by atoms with Crippen LogP contribution in [0.2, 0.25) is 0 Å². The number of anilines is 1. The zero-order valence-corrected chi connectivity index (χ0v) is 19.7. The van der Waals surface area contributed by atoms with Crippen LogP contribution in [0.5, 0.6) is 5.75 Å². The molecule has 174 valence electrons. The van der Waals surface area contributed by atoms with Gasteiger partial charge in [-0.15, -0.1) is 0 Å². The average Bonchev–Trinajstić information content (AvgIpc) is 3.12. The third kappa shape index (κ3) is 5.50. The van der Waals surface area contributed by atoms with Crippen molar-refractivity contribution in [2.45, 2.75) is 31.6 Å². The highest BCUT2D eigenvalue weighted by Crippen LogP contribution is 2.23. The summed E-state index contributed by atoms with van der Waals surface area (Å²) >= 11 is 0. The van der Waals surface area contributed by atoms with Crippen LogP contribution in [0.15, 0.2) is 47.4 Å². The van der Waals surface area contributed by atoms with E-state index in [1.165, 1.54) is 4.31 Å². The number of amides is 1. The molecule has 0 unspecified atom stereocenters. The first-order chi connectivity index (χ1) is 15.8. The molecule has 33 heavy (non-hydrogen) atoms. The van der Waals surface area contributed by atoms with Crippen molar-refractivity contribution in [3.63, 3.8) is 0 Å². The van der Waals surface area contributed by atoms with E-state index in [1.807, 2.05) is 17.7 Å². The zero-order valence-electron chi connectivity index (χ0n) is 18.9. The van der Waals surface area contributed by atoms with Crippen LogP contribution >= 0.6 is 0 Å². The number of aromatic nitrogens is 2. The summed E-state index contributed by atoms with van der Waals surface area (Å²) in [5.74, 6) is 1.08. The quantitative estimate of drug-likeness (QED) is 0.488. The number of fused-ring (bicyclic) bond motifs is 1. The molecule has 10 heteroatoms. The number of nitrogens with one attached hydrogen (secondary N) is 1. The van der Waals surface area contributed by atoms with Crippen LogP contribution in [0.25, 0.3) is 11.0 Å². The van der Waals surface area contributed by atoms with Gasteiger partial charge in [-0.05, 0) is 42.5 Å². The Morgan fingerprint density at radius 2 is 1.88 bits per heavy atom. The number of nitrogens with zero attached hydrogens (tertiary/aromatic N) is 4. The minimum absolute atomic E-state index is 0.0351. The summed E-state index contributed by atoms with van der Waals surface area (Å²) in [6.07, 6.45) is 0.618. The summed E-state index contributed by atoms with van der Waals surface area (Å²) in [5, 5.41) is 11.4. The Bertz CT molecular complexity index is 1270. The van der Waals surface area contributed by atoms with E-state index in [1.54, 1.807) is 56.3 Å². The van der Waals surface area contributed by atoms with Gasteiger partial charge in [-0.3, -0.25) is 4.79 Å². The maximum absolute atomic E-state index is 12.8. The fraction of sp³-hybridized carbons (Fsp3) is 0.348. The Hall–Kier alpha value is -3.42. The molecule has 1 N–H and O–H groups in total. The van der Waals surface area contributed by atoms with Gasteiger partial charge < -0.3 is 14.6 Å². The summed E-state index contributed by atoms with van der Waals surface area (Å²) < 4.78 is 34.1. The number of carbonyl (C=O) groups is 1. The monoisotopic (exact) mass is 469 g/mol. The molecule has 1 aromatic heterocycles. The van der Waals surface area contributed by atoms with Crippen molar-refractivity contribution in [3.05, 3.63) is 48.3 Å². The summed E-state index contributed by atoms with van der Waals surface area (Å²) in [6.45, 7) is 4.37. The van der Waals surface area contributed by atoms with Gasteiger partial charge in [0, 0.05) is 38.7 Å². The van der Waals surface area contributed by atoms with Gasteiger partial charge in [-0.2, -0.15) is 9.57 Å². The highest BCUT2D eigenvalue weighted by Gasteiger charge is 2.22. The normalized spacial score (nSPS) is 11.5. The Kier molecular flexibility index (Phi) is 7.68. The van der Waals surface area contributed by atoms with Crippen LogP contribution in [0.1, 0.15) is 26.1 Å². The van der Waals surface area contributed by atoms with Gasteiger partial charge >= 0.3 is 0 Å². The molecule has 3 aromatic rings. The third-order valence-corrected chi connectivity index (χ3v) is 7.35. The van der Waals surface area contributed by atoms with E-state index in [9.17, 15) is 13.2 Å². The molecule has 0 bridgehead atoms. The molecule has 9 nitrogen and oxygen atoms in total. The minimum atomic E-state index is -3.57. The number of hydrogen-bond donors (Lipinski definition) is 1. The number of nitriles is 1. The number of benzene rings is 2. The molecule has 1 heterocycles. The molecule has 2 aromatic carbocycles. The lowest BCUT2D eigenvalue weighted by Crippen LogP contribution is -2.30. The first-order valence-electron chi connectivity index (χ1n) is 10.6. The lowest BCUT2D eigenvalue weighted by molar-refractivity contribution is -0.116. The van der Waals surface area contributed by atoms with Crippen LogP contribution in [0.3, 0.4) is 0 Å². The molecule has 0 aliphatic rings. The third-order valence-electron chi connectivity index (χ3n) is 5.31. The van der Waals surface area contributed by atoms with Crippen LogP contribution in [0.4, 0.5) is 5.69 Å². The van der Waals surface area contributed by atoms with Crippen LogP contribution < -0.4 is 10.1 Å². The molecule has 0 atom stereocenters. The van der Waals surface area contributed by atoms with E-state index in [2.05, 4.69) is 10.3 Å². The molecule has 0 aliphatic carbocycles. The SMILES string of the molecule is CCN(CC)S(=O)(=O)c1ccc2c(c1)nc(CCC(=O)Nc1ccc(OCC#N)cc1)n2C. The fourth-order valence-corrected chi connectivity index (χ4v) is 5.00. The maximum Gasteiger partial charge on any atom is 0.243 e. The molecule has 0 fully saturated rings. The highest BCUT2D eigenvalue weighted by molar-refractivity contribution is 7.89. The summed E-state index contributed by atoms with van der Waals surface area (Å²) in [4.78, 5) is 17.2. The molecule has 0 spiro atoms. The Morgan fingerprint density at radius 1 is 1.18 bits per heavy atom. The Morgan fingerprint density at radius 3 is 2.52 bits per heavy atom. The number of aryl methyl sites for hydroxylation is 2. The second kappa shape index (κ2) is 10.5. The van der Waals surface area contributed by atoms with Crippen LogP contribution in [-0.2, 0) is 28.3 Å². The number of rotatable bonds is 10. The van der Waals surface area contributed by atoms with E-state index in [0.29, 0.717) is 42.3 Å². The standard InChI is InChI=1S/C23H27N5O4S/c1-4-28(5-2)33(30,31)19-10-11-21-20(16-19)26-22(27(21)3)12-13-23(29)25-17-6-8-18(9-7-17)32-15-14-24/h6-11,16H,4-5,12-13,15H2,1-3H3,(H,25,29). The van der Waals surface area contributed by atoms with Gasteiger partial charge in [-0.1, -0.05) is 13.8 Å². The summed E-state index contributed by atoms with van der Waals surface area (Å²) in [5.41, 5.74) is 2.01. The van der Waals surface area contributed by atoms with Crippen LogP contribution in [0, 0.1) is 11.3 Å². The lowest BCUT2D eigenvalue weighted by Gasteiger charge is -2.18. The smallest absolute Gasteiger partial charge is 0.243 e. The first-order valence-corrected chi connectivity index (χ1v) is 12.1. The van der Waals surface area contributed by atoms with Crippen molar-refractivity contribution in [1.29, 1.82) is 5.26 Å². The van der Waals surface area contributed by atoms with Gasteiger partial charge in [0.1, 0.15) is 17.6 Å². The molecule has 0 saturated heterocycles. The molecule has 3 rings (SSSR count). The van der Waals surface area contributed by atoms with Crippen molar-refractivity contribution in [3.8, 4) is 11.8 Å². The number of hydrogen-bond acceptors (Lipinski definition) is 6. The Labute approximate surface area is 193 Å². The zero-order chi connectivity index (χ0) is 24.0. The predicted octanol–water partition coefficient (Wildman–Crippen LogP) is 3.08. The highest BCUT2D eigenvalue weighted by atomic mass is 32.2. The van der Waals surface area contributed by atoms with Gasteiger partial charge in [0.25, 0.3) is 0 Å². The fourth-order valence-electron chi connectivity index (χ4n) is 3.53. The van der Waals surface area contributed by atoms with E-state index >= 15 is 0 Å². The molecule has 0 aliphatic heterocycles. The van der Waals surface area contributed by atoms with Crippen LogP contribution in [-0.4, -0.2) is 47.9 Å². The summed E-state index contributed by atoms with van der Waals surface area (Å²) in [7, 11) is -1.72. The first kappa shape index (κ1) is 24.2. The van der Waals surface area contributed by atoms with E-state index in [-0.39, 0.29) is 23.8 Å². The van der Waals surface area contributed by atoms with Gasteiger partial charge in [-0.25, -0.2) is 13.4 Å². The summed E-state index contributed by atoms with van der Waals surface area (Å²) in [6, 6.07) is 13.6. The number of ether oxygens (including phenoxy) is 1. The largest absolute Gasteiger partial charge is 0.479 e. The van der Waals surface area contributed by atoms with E-state index in [0.717, 1.165) is 5.52 Å².